The molecule has 1 aromatic carbocycles. The quantitative estimate of drug-likeness (QED) is 0.715. The molecule has 1 fully saturated rings. The number of carbonyl (C=O) groups excluding carboxylic acids is 2. The van der Waals surface area contributed by atoms with Gasteiger partial charge < -0.3 is 19.1 Å². The predicted molar refractivity (Wildman–Crippen MR) is 121 cm³/mol. The zero-order chi connectivity index (χ0) is 22.1. The number of hydrogen-bond acceptors (Lipinski definition) is 3. The topological polar surface area (TPSA) is 54.8 Å². The maximum atomic E-state index is 13.9. The molecule has 6 nitrogen and oxygen atoms in total. The average Bonchev–Trinajstić information content (AvgIpc) is 3.07. The summed E-state index contributed by atoms with van der Waals surface area (Å²) < 4.78 is 7.51. The van der Waals surface area contributed by atoms with Crippen LogP contribution in [0.4, 0.5) is 0 Å². The highest BCUT2D eigenvalue weighted by Crippen LogP contribution is 2.45. The van der Waals surface area contributed by atoms with Crippen LogP contribution in [0.15, 0.2) is 49.2 Å². The first kappa shape index (κ1) is 21.1. The van der Waals surface area contributed by atoms with E-state index < -0.39 is 12.0 Å². The van der Waals surface area contributed by atoms with Gasteiger partial charge in [-0.1, -0.05) is 43.0 Å². The lowest BCUT2D eigenvalue weighted by molar-refractivity contribution is -0.138. The van der Waals surface area contributed by atoms with E-state index in [-0.39, 0.29) is 11.8 Å². The molecular formula is C25H29N3O3. The summed E-state index contributed by atoms with van der Waals surface area (Å²) in [6.07, 6.45) is 7.67. The van der Waals surface area contributed by atoms with Gasteiger partial charge in [-0.05, 0) is 18.6 Å². The number of carbonyl (C=O) groups is 2. The molecule has 0 N–H and O–H groups in total. The summed E-state index contributed by atoms with van der Waals surface area (Å²) in [4.78, 5) is 30.8. The molecule has 2 aliphatic rings. The van der Waals surface area contributed by atoms with Crippen molar-refractivity contribution in [1.29, 1.82) is 0 Å². The minimum absolute atomic E-state index is 0.0419. The molecule has 1 aromatic heterocycles. The summed E-state index contributed by atoms with van der Waals surface area (Å²) in [5.41, 5.74) is 4.46. The number of likely N-dealkylation sites (N-methyl/N-ethyl adjacent to an activating group) is 1. The van der Waals surface area contributed by atoms with E-state index in [1.54, 1.807) is 18.0 Å². The van der Waals surface area contributed by atoms with Gasteiger partial charge in [-0.25, -0.2) is 0 Å². The van der Waals surface area contributed by atoms with Crippen molar-refractivity contribution >= 4 is 17.9 Å². The molecule has 3 heterocycles. The van der Waals surface area contributed by atoms with E-state index >= 15 is 0 Å². The van der Waals surface area contributed by atoms with Crippen molar-refractivity contribution in [2.24, 2.45) is 7.05 Å². The van der Waals surface area contributed by atoms with E-state index in [1.807, 2.05) is 66.1 Å². The van der Waals surface area contributed by atoms with Crippen molar-refractivity contribution < 1.29 is 14.3 Å². The summed E-state index contributed by atoms with van der Waals surface area (Å²) in [5, 5.41) is 0. The Hall–Kier alpha value is -3.12. The molecule has 4 rings (SSSR count). The van der Waals surface area contributed by atoms with E-state index in [2.05, 4.69) is 6.58 Å². The highest BCUT2D eigenvalue weighted by atomic mass is 16.5. The number of ether oxygens (including phenoxy) is 1. The first-order valence-corrected chi connectivity index (χ1v) is 10.6. The fourth-order valence-corrected chi connectivity index (χ4v) is 4.70. The van der Waals surface area contributed by atoms with Gasteiger partial charge in [0.25, 0.3) is 5.91 Å². The van der Waals surface area contributed by atoms with E-state index in [9.17, 15) is 9.59 Å². The molecule has 6 heteroatoms. The molecule has 162 valence electrons. The molecule has 0 saturated carbocycles. The minimum atomic E-state index is -0.477. The van der Waals surface area contributed by atoms with Gasteiger partial charge in [0.1, 0.15) is 0 Å². The Balaban J connectivity index is 1.90. The first-order valence-electron chi connectivity index (χ1n) is 10.6. The lowest BCUT2D eigenvalue weighted by Crippen LogP contribution is -2.49. The number of aromatic nitrogens is 1. The Morgan fingerprint density at radius 1 is 1.16 bits per heavy atom. The second-order valence-electron chi connectivity index (χ2n) is 8.15. The van der Waals surface area contributed by atoms with Crippen LogP contribution in [0.5, 0.6) is 0 Å². The normalized spacial score (nSPS) is 21.5. The van der Waals surface area contributed by atoms with Crippen LogP contribution in [0.1, 0.15) is 44.7 Å². The van der Waals surface area contributed by atoms with Crippen LogP contribution in [0.3, 0.4) is 0 Å². The van der Waals surface area contributed by atoms with E-state index in [0.29, 0.717) is 31.9 Å². The fourth-order valence-electron chi connectivity index (χ4n) is 4.70. The average molecular weight is 420 g/mol. The number of rotatable bonds is 4. The Labute approximate surface area is 183 Å². The molecule has 1 saturated heterocycles. The summed E-state index contributed by atoms with van der Waals surface area (Å²) in [5.74, 6) is -0.498. The van der Waals surface area contributed by atoms with Crippen LogP contribution in [-0.2, 0) is 16.6 Å². The number of benzene rings is 1. The number of nitrogens with zero attached hydrogens (tertiary/aromatic N) is 3. The monoisotopic (exact) mass is 419 g/mol. The van der Waals surface area contributed by atoms with Crippen LogP contribution >= 0.6 is 0 Å². The molecule has 0 radical (unpaired) electrons. The van der Waals surface area contributed by atoms with Gasteiger partial charge in [-0.15, -0.1) is 0 Å². The Morgan fingerprint density at radius 2 is 1.87 bits per heavy atom. The smallest absolute Gasteiger partial charge is 0.254 e. The number of amides is 2. The van der Waals surface area contributed by atoms with Crippen molar-refractivity contribution in [2.45, 2.75) is 18.9 Å². The van der Waals surface area contributed by atoms with Crippen LogP contribution in [0.25, 0.3) is 6.08 Å². The lowest BCUT2D eigenvalue weighted by atomic mass is 9.78. The molecule has 2 atom stereocenters. The van der Waals surface area contributed by atoms with Crippen LogP contribution in [-0.4, -0.2) is 59.5 Å². The molecule has 31 heavy (non-hydrogen) atoms. The maximum absolute atomic E-state index is 13.9. The van der Waals surface area contributed by atoms with Crippen LogP contribution in [0, 0.1) is 6.92 Å². The number of hydrogen-bond donors (Lipinski definition) is 0. The molecule has 2 aromatic rings. The third-order valence-corrected chi connectivity index (χ3v) is 6.45. The van der Waals surface area contributed by atoms with E-state index in [0.717, 1.165) is 22.4 Å². The standard InChI is InChI=1S/C25H29N3O3/c1-5-6-9-18-17(2)26(3)16-21(18)23-22(25(30)28-12-14-31-15-13-28)19-10-7-8-11-20(19)24(29)27(23)4/h5-11,16,22-23H,1,12-15H2,2-4H3/b9-6-. The summed E-state index contributed by atoms with van der Waals surface area (Å²) >= 11 is 0. The number of morpholine rings is 1. The Kier molecular flexibility index (Phi) is 5.83. The summed E-state index contributed by atoms with van der Waals surface area (Å²) in [6, 6.07) is 7.10. The highest BCUT2D eigenvalue weighted by Gasteiger charge is 2.45. The first-order chi connectivity index (χ1) is 15.0. The third kappa shape index (κ3) is 3.61. The van der Waals surface area contributed by atoms with Gasteiger partial charge in [0.05, 0.1) is 25.2 Å². The van der Waals surface area contributed by atoms with Crippen LogP contribution < -0.4 is 0 Å². The molecule has 2 aliphatic heterocycles. The van der Waals surface area contributed by atoms with Gasteiger partial charge in [0.2, 0.25) is 5.91 Å². The van der Waals surface area contributed by atoms with Gasteiger partial charge >= 0.3 is 0 Å². The van der Waals surface area contributed by atoms with Crippen LogP contribution in [0.2, 0.25) is 0 Å². The van der Waals surface area contributed by atoms with Crippen molar-refractivity contribution in [1.82, 2.24) is 14.4 Å². The fraction of sp³-hybridized carbons (Fsp3) is 0.360. The second kappa shape index (κ2) is 8.55. The largest absolute Gasteiger partial charge is 0.378 e. The molecule has 0 bridgehead atoms. The summed E-state index contributed by atoms with van der Waals surface area (Å²) in [7, 11) is 3.79. The number of allylic oxidation sites excluding steroid dienone is 2. The van der Waals surface area contributed by atoms with Crippen molar-refractivity contribution in [2.75, 3.05) is 33.4 Å². The minimum Gasteiger partial charge on any atom is -0.378 e. The predicted octanol–water partition coefficient (Wildman–Crippen LogP) is 3.30. The number of fused-ring (bicyclic) bond motifs is 1. The zero-order valence-corrected chi connectivity index (χ0v) is 18.4. The molecular weight excluding hydrogens is 390 g/mol. The molecule has 2 unspecified atom stereocenters. The van der Waals surface area contributed by atoms with Gasteiger partial charge in [-0.3, -0.25) is 9.59 Å². The maximum Gasteiger partial charge on any atom is 0.254 e. The number of aryl methyl sites for hydroxylation is 1. The van der Waals surface area contributed by atoms with Gasteiger partial charge in [0, 0.05) is 55.8 Å². The zero-order valence-electron chi connectivity index (χ0n) is 18.4. The van der Waals surface area contributed by atoms with Gasteiger partial charge in [0.15, 0.2) is 0 Å². The summed E-state index contributed by atoms with van der Waals surface area (Å²) in [6.45, 7) is 8.04. The second-order valence-corrected chi connectivity index (χ2v) is 8.15. The molecule has 0 aliphatic carbocycles. The molecule has 2 amide bonds. The highest BCUT2D eigenvalue weighted by molar-refractivity contribution is 6.01. The SMILES string of the molecule is C=C/C=C\c1c(C2C(C(=O)N3CCOCC3)c3ccccc3C(=O)N2C)cn(C)c1C. The van der Waals surface area contributed by atoms with Crippen molar-refractivity contribution in [3.63, 3.8) is 0 Å². The third-order valence-electron chi connectivity index (χ3n) is 6.45. The Bertz CT molecular complexity index is 1050. The van der Waals surface area contributed by atoms with E-state index in [4.69, 9.17) is 4.74 Å². The van der Waals surface area contributed by atoms with Crippen molar-refractivity contribution in [3.05, 3.63) is 77.1 Å². The van der Waals surface area contributed by atoms with Gasteiger partial charge in [-0.2, -0.15) is 0 Å². The van der Waals surface area contributed by atoms with E-state index in [1.165, 1.54) is 0 Å². The Morgan fingerprint density at radius 3 is 2.58 bits per heavy atom. The molecule has 0 spiro atoms. The van der Waals surface area contributed by atoms with Crippen molar-refractivity contribution in [3.8, 4) is 0 Å². The lowest BCUT2D eigenvalue weighted by Gasteiger charge is -2.42.